The predicted molar refractivity (Wildman–Crippen MR) is 70.2 cm³/mol. The molecule has 0 aromatic heterocycles. The molecule has 1 fully saturated rings. The molecule has 2 unspecified atom stereocenters. The molecule has 0 saturated carbocycles. The molecule has 1 aliphatic rings. The molecule has 0 bridgehead atoms. The molecule has 0 aromatic rings. The second-order valence-electron chi connectivity index (χ2n) is 5.03. The van der Waals surface area contributed by atoms with Crippen LogP contribution in [0.2, 0.25) is 0 Å². The molecule has 0 radical (unpaired) electrons. The highest BCUT2D eigenvalue weighted by atomic mass is 16.5. The van der Waals surface area contributed by atoms with Crippen LogP contribution in [0.3, 0.4) is 0 Å². The summed E-state index contributed by atoms with van der Waals surface area (Å²) in [5, 5.41) is 0. The highest BCUT2D eigenvalue weighted by Crippen LogP contribution is 2.28. The van der Waals surface area contributed by atoms with Gasteiger partial charge in [0.05, 0.1) is 18.8 Å². The van der Waals surface area contributed by atoms with Gasteiger partial charge in [-0.15, -0.1) is 0 Å². The normalized spacial score (nSPS) is 27.4. The van der Waals surface area contributed by atoms with Crippen molar-refractivity contribution < 1.29 is 9.47 Å². The number of hydrogen-bond donors (Lipinski definition) is 1. The van der Waals surface area contributed by atoms with Crippen molar-refractivity contribution in [2.45, 2.75) is 44.7 Å². The monoisotopic (exact) mass is 244 g/mol. The Kier molecular flexibility index (Phi) is 6.41. The van der Waals surface area contributed by atoms with Gasteiger partial charge in [0.15, 0.2) is 0 Å². The molecule has 2 N–H and O–H groups in total. The Bertz CT molecular complexity index is 206. The van der Waals surface area contributed by atoms with Gasteiger partial charge < -0.3 is 15.2 Å². The fourth-order valence-electron chi connectivity index (χ4n) is 2.68. The van der Waals surface area contributed by atoms with E-state index in [1.54, 1.807) is 7.11 Å². The van der Waals surface area contributed by atoms with E-state index in [9.17, 15) is 0 Å². The van der Waals surface area contributed by atoms with Gasteiger partial charge in [-0.05, 0) is 26.2 Å². The Morgan fingerprint density at radius 2 is 2.29 bits per heavy atom. The average Bonchev–Trinajstić information content (AvgIpc) is 2.39. The minimum absolute atomic E-state index is 0.0200. The zero-order valence-corrected chi connectivity index (χ0v) is 11.6. The van der Waals surface area contributed by atoms with Crippen LogP contribution in [0.1, 0.15) is 33.1 Å². The predicted octanol–water partition coefficient (Wildman–Crippen LogP) is 1.24. The standard InChI is InChI=1S/C13H28N2O2/c1-4-12(2)15(7-9-16-3)13(10-14)6-5-8-17-11-13/h12H,4-11,14H2,1-3H3. The van der Waals surface area contributed by atoms with E-state index in [0.717, 1.165) is 45.6 Å². The van der Waals surface area contributed by atoms with Crippen molar-refractivity contribution in [3.63, 3.8) is 0 Å². The molecule has 1 saturated heterocycles. The largest absolute Gasteiger partial charge is 0.383 e. The zero-order valence-electron chi connectivity index (χ0n) is 11.6. The van der Waals surface area contributed by atoms with Gasteiger partial charge in [-0.1, -0.05) is 6.92 Å². The van der Waals surface area contributed by atoms with E-state index in [1.807, 2.05) is 0 Å². The van der Waals surface area contributed by atoms with Crippen LogP contribution in [0.15, 0.2) is 0 Å². The molecule has 1 rings (SSSR count). The van der Waals surface area contributed by atoms with Crippen LogP contribution in [0, 0.1) is 0 Å². The zero-order chi connectivity index (χ0) is 12.7. The third-order valence-electron chi connectivity index (χ3n) is 3.95. The summed E-state index contributed by atoms with van der Waals surface area (Å²) in [4.78, 5) is 2.50. The molecule has 0 spiro atoms. The van der Waals surface area contributed by atoms with Crippen LogP contribution in [0.25, 0.3) is 0 Å². The molecule has 17 heavy (non-hydrogen) atoms. The van der Waals surface area contributed by atoms with Crippen LogP contribution < -0.4 is 5.73 Å². The maximum Gasteiger partial charge on any atom is 0.0662 e. The summed E-state index contributed by atoms with van der Waals surface area (Å²) >= 11 is 0. The van der Waals surface area contributed by atoms with Crippen molar-refractivity contribution in [2.75, 3.05) is 40.0 Å². The quantitative estimate of drug-likeness (QED) is 0.732. The van der Waals surface area contributed by atoms with Crippen molar-refractivity contribution in [2.24, 2.45) is 5.73 Å². The lowest BCUT2D eigenvalue weighted by Crippen LogP contribution is -2.62. The maximum atomic E-state index is 6.04. The van der Waals surface area contributed by atoms with Gasteiger partial charge in [0.25, 0.3) is 0 Å². The minimum Gasteiger partial charge on any atom is -0.383 e. The highest BCUT2D eigenvalue weighted by Gasteiger charge is 2.39. The molecular weight excluding hydrogens is 216 g/mol. The third kappa shape index (κ3) is 3.65. The molecule has 1 aliphatic heterocycles. The summed E-state index contributed by atoms with van der Waals surface area (Å²) in [5.41, 5.74) is 6.06. The van der Waals surface area contributed by atoms with E-state index in [2.05, 4.69) is 18.7 Å². The van der Waals surface area contributed by atoms with Crippen molar-refractivity contribution in [1.29, 1.82) is 0 Å². The Balaban J connectivity index is 2.75. The second-order valence-corrected chi connectivity index (χ2v) is 5.03. The molecular formula is C13H28N2O2. The smallest absolute Gasteiger partial charge is 0.0662 e. The lowest BCUT2D eigenvalue weighted by Gasteiger charge is -2.48. The van der Waals surface area contributed by atoms with E-state index in [1.165, 1.54) is 0 Å². The van der Waals surface area contributed by atoms with Crippen LogP contribution >= 0.6 is 0 Å². The maximum absolute atomic E-state index is 6.04. The number of nitrogens with zero attached hydrogens (tertiary/aromatic N) is 1. The summed E-state index contributed by atoms with van der Waals surface area (Å²) in [7, 11) is 1.75. The lowest BCUT2D eigenvalue weighted by molar-refractivity contribution is -0.0677. The average molecular weight is 244 g/mol. The van der Waals surface area contributed by atoms with Crippen LogP contribution in [-0.4, -0.2) is 56.5 Å². The number of ether oxygens (including phenoxy) is 2. The minimum atomic E-state index is 0.0200. The van der Waals surface area contributed by atoms with Crippen LogP contribution in [0.5, 0.6) is 0 Å². The van der Waals surface area contributed by atoms with E-state index in [4.69, 9.17) is 15.2 Å². The summed E-state index contributed by atoms with van der Waals surface area (Å²) < 4.78 is 10.9. The Labute approximate surface area is 105 Å². The van der Waals surface area contributed by atoms with Crippen LogP contribution in [0.4, 0.5) is 0 Å². The fraction of sp³-hybridized carbons (Fsp3) is 1.00. The van der Waals surface area contributed by atoms with Crippen LogP contribution in [-0.2, 0) is 9.47 Å². The van der Waals surface area contributed by atoms with E-state index < -0.39 is 0 Å². The number of rotatable bonds is 7. The third-order valence-corrected chi connectivity index (χ3v) is 3.95. The highest BCUT2D eigenvalue weighted by molar-refractivity contribution is 4.95. The molecule has 4 heteroatoms. The number of hydrogen-bond acceptors (Lipinski definition) is 4. The molecule has 4 nitrogen and oxygen atoms in total. The summed E-state index contributed by atoms with van der Waals surface area (Å²) in [6, 6.07) is 0.524. The van der Waals surface area contributed by atoms with Gasteiger partial charge in [0.1, 0.15) is 0 Å². The molecule has 1 heterocycles. The summed E-state index contributed by atoms with van der Waals surface area (Å²) in [6.45, 7) is 8.48. The van der Waals surface area contributed by atoms with E-state index >= 15 is 0 Å². The molecule has 2 atom stereocenters. The lowest BCUT2D eigenvalue weighted by atomic mass is 9.88. The van der Waals surface area contributed by atoms with Crippen molar-refractivity contribution in [1.82, 2.24) is 4.90 Å². The summed E-state index contributed by atoms with van der Waals surface area (Å²) in [6.07, 6.45) is 3.38. The number of methoxy groups -OCH3 is 1. The number of nitrogens with two attached hydrogens (primary N) is 1. The summed E-state index contributed by atoms with van der Waals surface area (Å²) in [5.74, 6) is 0. The van der Waals surface area contributed by atoms with Crippen molar-refractivity contribution in [3.05, 3.63) is 0 Å². The Morgan fingerprint density at radius 3 is 2.76 bits per heavy atom. The van der Waals surface area contributed by atoms with Crippen molar-refractivity contribution in [3.8, 4) is 0 Å². The first kappa shape index (κ1) is 14.9. The molecule has 0 amide bonds. The fourth-order valence-corrected chi connectivity index (χ4v) is 2.68. The molecule has 102 valence electrons. The van der Waals surface area contributed by atoms with Gasteiger partial charge in [0.2, 0.25) is 0 Å². The second kappa shape index (κ2) is 7.31. The van der Waals surface area contributed by atoms with Gasteiger partial charge >= 0.3 is 0 Å². The van der Waals surface area contributed by atoms with Gasteiger partial charge in [0, 0.05) is 32.8 Å². The van der Waals surface area contributed by atoms with Gasteiger partial charge in [-0.25, -0.2) is 0 Å². The Hall–Kier alpha value is -0.160. The Morgan fingerprint density at radius 1 is 1.53 bits per heavy atom. The molecule has 0 aromatic carbocycles. The SMILES string of the molecule is CCC(C)N(CCOC)C1(CN)CCCOC1. The first-order valence-corrected chi connectivity index (χ1v) is 6.73. The van der Waals surface area contributed by atoms with Gasteiger partial charge in [-0.3, -0.25) is 4.90 Å². The first-order valence-electron chi connectivity index (χ1n) is 6.73. The van der Waals surface area contributed by atoms with E-state index in [-0.39, 0.29) is 5.54 Å². The topological polar surface area (TPSA) is 47.7 Å². The van der Waals surface area contributed by atoms with Crippen molar-refractivity contribution >= 4 is 0 Å². The molecule has 0 aliphatic carbocycles. The first-order chi connectivity index (χ1) is 8.20. The van der Waals surface area contributed by atoms with E-state index in [0.29, 0.717) is 12.6 Å². The van der Waals surface area contributed by atoms with Gasteiger partial charge in [-0.2, -0.15) is 0 Å².